The first-order valence-electron chi connectivity index (χ1n) is 15.7. The van der Waals surface area contributed by atoms with E-state index in [-0.39, 0.29) is 16.9 Å². The molecule has 0 aliphatic heterocycles. The fourth-order valence-corrected chi connectivity index (χ4v) is 6.75. The number of benzene rings is 1. The summed E-state index contributed by atoms with van der Waals surface area (Å²) in [5.74, 6) is 0.277. The molecule has 0 radical (unpaired) electrons. The summed E-state index contributed by atoms with van der Waals surface area (Å²) in [7, 11) is 0. The van der Waals surface area contributed by atoms with Gasteiger partial charge < -0.3 is 4.74 Å². The molecule has 37 heavy (non-hydrogen) atoms. The third kappa shape index (κ3) is 8.58. The van der Waals surface area contributed by atoms with Crippen molar-refractivity contribution in [2.24, 2.45) is 11.3 Å². The average molecular weight is 504 g/mol. The number of nitriles is 1. The van der Waals surface area contributed by atoms with E-state index in [1.807, 2.05) is 0 Å². The summed E-state index contributed by atoms with van der Waals surface area (Å²) in [6, 6.07) is 13.6. The molecule has 204 valence electrons. The highest BCUT2D eigenvalue weighted by atomic mass is 16.5. The van der Waals surface area contributed by atoms with E-state index in [2.05, 4.69) is 68.5 Å². The zero-order chi connectivity index (χ0) is 26.2. The van der Waals surface area contributed by atoms with Gasteiger partial charge in [0.15, 0.2) is 0 Å². The maximum atomic E-state index is 10.7. The second-order valence-electron chi connectivity index (χ2n) is 11.7. The number of ether oxygens (including phenoxy) is 1. The third-order valence-electron chi connectivity index (χ3n) is 8.98. The smallest absolute Gasteiger partial charge is 0.0943 e. The predicted octanol–water partition coefficient (Wildman–Crippen LogP) is 10.6. The molecule has 0 bridgehead atoms. The molecule has 1 aromatic carbocycles. The molecule has 2 aliphatic carbocycles. The number of hydrogen-bond acceptors (Lipinski definition) is 2. The lowest BCUT2D eigenvalue weighted by Crippen LogP contribution is -2.50. The minimum absolute atomic E-state index is 0.257. The lowest BCUT2D eigenvalue weighted by molar-refractivity contribution is -0.0972. The molecule has 2 aliphatic rings. The van der Waals surface area contributed by atoms with Crippen molar-refractivity contribution in [3.63, 3.8) is 0 Å². The van der Waals surface area contributed by atoms with Crippen LogP contribution in [0.25, 0.3) is 5.57 Å². The van der Waals surface area contributed by atoms with Crippen LogP contribution in [-0.2, 0) is 4.74 Å². The number of rotatable bonds is 17. The Balaban J connectivity index is 1.74. The number of hydrogen-bond donors (Lipinski definition) is 0. The van der Waals surface area contributed by atoms with Gasteiger partial charge >= 0.3 is 0 Å². The molecular weight excluding hydrogens is 450 g/mol. The summed E-state index contributed by atoms with van der Waals surface area (Å²) >= 11 is 0. The molecule has 3 rings (SSSR count). The van der Waals surface area contributed by atoms with Crippen LogP contribution in [0.15, 0.2) is 48.6 Å². The summed E-state index contributed by atoms with van der Waals surface area (Å²) in [6.07, 6.45) is 28.9. The summed E-state index contributed by atoms with van der Waals surface area (Å²) in [5, 5.41) is 10.7. The van der Waals surface area contributed by atoms with E-state index in [0.29, 0.717) is 0 Å². The van der Waals surface area contributed by atoms with Gasteiger partial charge in [-0.05, 0) is 43.2 Å². The van der Waals surface area contributed by atoms with Crippen LogP contribution in [-0.4, -0.2) is 12.2 Å². The normalized spacial score (nSPS) is 25.5. The largest absolute Gasteiger partial charge is 0.370 e. The van der Waals surface area contributed by atoms with Crippen LogP contribution in [0.4, 0.5) is 0 Å². The van der Waals surface area contributed by atoms with Crippen LogP contribution in [0.3, 0.4) is 0 Å². The van der Waals surface area contributed by atoms with Crippen LogP contribution in [0, 0.1) is 22.7 Å². The Morgan fingerprint density at radius 2 is 1.54 bits per heavy atom. The summed E-state index contributed by atoms with van der Waals surface area (Å²) in [6.45, 7) is 5.35. The fraction of sp³-hybridized carbons (Fsp3) is 0.686. The first-order chi connectivity index (χ1) is 18.2. The monoisotopic (exact) mass is 503 g/mol. The Labute approximate surface area is 228 Å². The molecule has 0 saturated heterocycles. The molecule has 0 unspecified atom stereocenters. The number of allylic oxidation sites excluding steroid dienone is 2. The van der Waals surface area contributed by atoms with Gasteiger partial charge in [0.05, 0.1) is 17.1 Å². The van der Waals surface area contributed by atoms with E-state index in [1.54, 1.807) is 0 Å². The minimum Gasteiger partial charge on any atom is -0.370 e. The number of nitrogens with zero attached hydrogens (tertiary/aromatic N) is 1. The minimum atomic E-state index is -0.347. The molecule has 3 atom stereocenters. The van der Waals surface area contributed by atoms with Crippen molar-refractivity contribution in [2.75, 3.05) is 6.61 Å². The topological polar surface area (TPSA) is 33.0 Å². The lowest BCUT2D eigenvalue weighted by atomic mass is 9.57. The van der Waals surface area contributed by atoms with Crippen molar-refractivity contribution < 1.29 is 4.74 Å². The van der Waals surface area contributed by atoms with E-state index in [0.717, 1.165) is 38.7 Å². The van der Waals surface area contributed by atoms with E-state index < -0.39 is 0 Å². The SMILES string of the molecule is CCCCCCCCO[C@@]1([C@@H]2CCCC[C@]2(C#N)CCCCCCCC)C=CC(c2ccccc2)=CC1. The first kappa shape index (κ1) is 29.7. The summed E-state index contributed by atoms with van der Waals surface area (Å²) in [5.41, 5.74) is 1.95. The van der Waals surface area contributed by atoms with E-state index in [9.17, 15) is 5.26 Å². The van der Waals surface area contributed by atoms with Crippen molar-refractivity contribution >= 4 is 5.57 Å². The molecular formula is C35H53NO. The molecule has 0 heterocycles. The molecule has 0 spiro atoms. The highest BCUT2D eigenvalue weighted by molar-refractivity contribution is 5.75. The van der Waals surface area contributed by atoms with Gasteiger partial charge in [-0.1, -0.05) is 146 Å². The van der Waals surface area contributed by atoms with Crippen molar-refractivity contribution in [2.45, 2.75) is 135 Å². The lowest BCUT2D eigenvalue weighted by Gasteiger charge is -2.50. The molecule has 0 N–H and O–H groups in total. The quantitative estimate of drug-likeness (QED) is 0.198. The van der Waals surface area contributed by atoms with Gasteiger partial charge in [0.25, 0.3) is 0 Å². The van der Waals surface area contributed by atoms with Crippen LogP contribution >= 0.6 is 0 Å². The van der Waals surface area contributed by atoms with Crippen molar-refractivity contribution in [1.29, 1.82) is 5.26 Å². The molecule has 1 saturated carbocycles. The summed E-state index contributed by atoms with van der Waals surface area (Å²) in [4.78, 5) is 0. The molecule has 1 aromatic rings. The molecule has 0 aromatic heterocycles. The van der Waals surface area contributed by atoms with Crippen LogP contribution in [0.1, 0.15) is 135 Å². The van der Waals surface area contributed by atoms with Gasteiger partial charge in [-0.15, -0.1) is 0 Å². The van der Waals surface area contributed by atoms with Gasteiger partial charge in [-0.2, -0.15) is 5.26 Å². The van der Waals surface area contributed by atoms with Crippen molar-refractivity contribution in [3.8, 4) is 6.07 Å². The second-order valence-corrected chi connectivity index (χ2v) is 11.7. The van der Waals surface area contributed by atoms with Crippen LogP contribution in [0.5, 0.6) is 0 Å². The van der Waals surface area contributed by atoms with Gasteiger partial charge in [0, 0.05) is 12.5 Å². The Kier molecular flexibility index (Phi) is 13.0. The Bertz CT molecular complexity index is 865. The number of unbranched alkanes of at least 4 members (excludes halogenated alkanes) is 10. The van der Waals surface area contributed by atoms with E-state index in [4.69, 9.17) is 4.74 Å². The van der Waals surface area contributed by atoms with Crippen LogP contribution in [0.2, 0.25) is 0 Å². The van der Waals surface area contributed by atoms with E-state index >= 15 is 0 Å². The highest BCUT2D eigenvalue weighted by Gasteiger charge is 2.51. The fourth-order valence-electron chi connectivity index (χ4n) is 6.75. The van der Waals surface area contributed by atoms with Crippen molar-refractivity contribution in [1.82, 2.24) is 0 Å². The van der Waals surface area contributed by atoms with Gasteiger partial charge in [0.1, 0.15) is 0 Å². The first-order valence-corrected chi connectivity index (χ1v) is 15.7. The third-order valence-corrected chi connectivity index (χ3v) is 8.98. The zero-order valence-electron chi connectivity index (χ0n) is 24.0. The standard InChI is InChI=1S/C35H53NO/c1-3-5-7-9-11-17-25-34(30-36)26-18-16-22-33(34)35(37-29-19-12-10-8-6-4-2)27-23-32(24-28-35)31-20-14-13-15-21-31/h13-15,20-21,23-24,27,33H,3-12,16-19,22,25-26,28-29H2,1-2H3/t33-,34+,35+/m1/s1. The molecule has 2 nitrogen and oxygen atoms in total. The maximum Gasteiger partial charge on any atom is 0.0943 e. The van der Waals surface area contributed by atoms with Crippen LogP contribution < -0.4 is 0 Å². The Hall–Kier alpha value is -1.85. The maximum absolute atomic E-state index is 10.7. The second kappa shape index (κ2) is 16.2. The van der Waals surface area contributed by atoms with Gasteiger partial charge in [-0.25, -0.2) is 0 Å². The Morgan fingerprint density at radius 1 is 0.865 bits per heavy atom. The molecule has 1 fully saturated rings. The highest BCUT2D eigenvalue weighted by Crippen LogP contribution is 2.53. The summed E-state index contributed by atoms with van der Waals surface area (Å²) < 4.78 is 6.93. The van der Waals surface area contributed by atoms with E-state index in [1.165, 1.54) is 94.6 Å². The Morgan fingerprint density at radius 3 is 2.19 bits per heavy atom. The molecule has 2 heteroatoms. The predicted molar refractivity (Wildman–Crippen MR) is 158 cm³/mol. The van der Waals surface area contributed by atoms with Gasteiger partial charge in [-0.3, -0.25) is 0 Å². The zero-order valence-corrected chi connectivity index (χ0v) is 24.0. The van der Waals surface area contributed by atoms with Gasteiger partial charge in [0.2, 0.25) is 0 Å². The molecule has 0 amide bonds. The van der Waals surface area contributed by atoms with Crippen molar-refractivity contribution in [3.05, 3.63) is 54.1 Å². The average Bonchev–Trinajstić information content (AvgIpc) is 2.95.